The second kappa shape index (κ2) is 13.7. The summed E-state index contributed by atoms with van der Waals surface area (Å²) in [5.74, 6) is -5.06. The third kappa shape index (κ3) is 12.0. The van der Waals surface area contributed by atoms with E-state index < -0.39 is 66.8 Å². The quantitative estimate of drug-likeness (QED) is 0.0694. The van der Waals surface area contributed by atoms with Crippen molar-refractivity contribution in [1.82, 2.24) is 16.0 Å². The smallest absolute Gasteiger partial charge is 0.326 e. The van der Waals surface area contributed by atoms with E-state index in [2.05, 4.69) is 20.9 Å². The summed E-state index contributed by atoms with van der Waals surface area (Å²) < 4.78 is 0. The molecule has 13 N–H and O–H groups in total. The predicted molar refractivity (Wildman–Crippen MR) is 108 cm³/mol. The molecule has 0 spiro atoms. The molecule has 0 radical (unpaired) electrons. The molecule has 4 unspecified atom stereocenters. The van der Waals surface area contributed by atoms with E-state index in [1.807, 2.05) is 0 Å². The van der Waals surface area contributed by atoms with Gasteiger partial charge in [-0.1, -0.05) is 0 Å². The van der Waals surface area contributed by atoms with E-state index >= 15 is 0 Å². The zero-order valence-electron chi connectivity index (χ0n) is 17.0. The fraction of sp³-hybridized carbons (Fsp3) is 0.625. The first-order valence-corrected chi connectivity index (χ1v) is 9.22. The second-order valence-corrected chi connectivity index (χ2v) is 6.62. The van der Waals surface area contributed by atoms with Gasteiger partial charge in [0.1, 0.15) is 18.1 Å². The first-order chi connectivity index (χ1) is 14.3. The maximum atomic E-state index is 12.5. The molecule has 0 saturated heterocycles. The van der Waals surface area contributed by atoms with E-state index in [1.54, 1.807) is 0 Å². The minimum Gasteiger partial charge on any atom is -0.480 e. The largest absolute Gasteiger partial charge is 0.480 e. The minimum absolute atomic E-state index is 0.0123. The van der Waals surface area contributed by atoms with Crippen LogP contribution in [-0.2, 0) is 24.0 Å². The van der Waals surface area contributed by atoms with Gasteiger partial charge in [0.25, 0.3) is 0 Å². The van der Waals surface area contributed by atoms with Gasteiger partial charge in [0.2, 0.25) is 23.6 Å². The van der Waals surface area contributed by atoms with Crippen molar-refractivity contribution in [2.24, 2.45) is 27.9 Å². The third-order valence-corrected chi connectivity index (χ3v) is 3.86. The Bertz CT molecular complexity index is 693. The number of amides is 4. The highest BCUT2D eigenvalue weighted by atomic mass is 16.4. The maximum absolute atomic E-state index is 12.5. The summed E-state index contributed by atoms with van der Waals surface area (Å²) in [5, 5.41) is 25.0. The van der Waals surface area contributed by atoms with Crippen LogP contribution in [0.1, 0.15) is 26.2 Å². The van der Waals surface area contributed by atoms with Gasteiger partial charge in [-0.2, -0.15) is 0 Å². The first-order valence-electron chi connectivity index (χ1n) is 9.22. The summed E-state index contributed by atoms with van der Waals surface area (Å²) in [6.07, 6.45) is -1.54. The van der Waals surface area contributed by atoms with Gasteiger partial charge in [-0.25, -0.2) is 4.79 Å². The molecule has 0 saturated carbocycles. The van der Waals surface area contributed by atoms with Gasteiger partial charge in [-0.15, -0.1) is 0 Å². The summed E-state index contributed by atoms with van der Waals surface area (Å²) in [4.78, 5) is 62.3. The number of aliphatic hydroxyl groups is 1. The Morgan fingerprint density at radius 1 is 1.00 bits per heavy atom. The summed E-state index contributed by atoms with van der Waals surface area (Å²) in [6, 6.07) is -4.07. The van der Waals surface area contributed by atoms with Crippen LogP contribution in [0, 0.1) is 0 Å². The monoisotopic (exact) mass is 446 g/mol. The Morgan fingerprint density at radius 2 is 1.61 bits per heavy atom. The molecule has 15 heteroatoms. The number of nitrogens with zero attached hydrogens (tertiary/aromatic N) is 1. The predicted octanol–water partition coefficient (Wildman–Crippen LogP) is -5.21. The summed E-state index contributed by atoms with van der Waals surface area (Å²) in [5.41, 5.74) is 20.8. The van der Waals surface area contributed by atoms with Crippen molar-refractivity contribution in [2.45, 2.75) is 50.4 Å². The number of nitrogens with one attached hydrogen (secondary N) is 3. The molecule has 0 aliphatic carbocycles. The number of carboxylic acids is 1. The van der Waals surface area contributed by atoms with Crippen molar-refractivity contribution in [3.05, 3.63) is 0 Å². The summed E-state index contributed by atoms with van der Waals surface area (Å²) in [6.45, 7) is 0.873. The number of carbonyl (C=O) groups is 5. The van der Waals surface area contributed by atoms with E-state index in [0.29, 0.717) is 0 Å². The molecule has 0 aromatic rings. The zero-order chi connectivity index (χ0) is 24.1. The zero-order valence-corrected chi connectivity index (χ0v) is 17.0. The van der Waals surface area contributed by atoms with Gasteiger partial charge in [-0.05, 0) is 19.8 Å². The lowest BCUT2D eigenvalue weighted by Gasteiger charge is -2.21. The molecule has 0 aliphatic heterocycles. The van der Waals surface area contributed by atoms with Gasteiger partial charge >= 0.3 is 5.97 Å². The molecule has 0 aromatic carbocycles. The molecule has 0 fully saturated rings. The van der Waals surface area contributed by atoms with Crippen molar-refractivity contribution in [2.75, 3.05) is 13.1 Å². The van der Waals surface area contributed by atoms with Gasteiger partial charge in [-0.3, -0.25) is 24.2 Å². The standard InChI is InChI=1S/C16H30N8O7/c1-7(25)12(18)14(29)22-6-11(27)23-8(3-2-4-21-16(19)20)13(28)24-9(15(30)31)5-10(17)26/h7-9,12,25H,2-6,18H2,1H3,(H2,17,26)(H,22,29)(H,23,27)(H,24,28)(H,30,31)(H4,19,20,21). The molecular weight excluding hydrogens is 416 g/mol. The second-order valence-electron chi connectivity index (χ2n) is 6.62. The van der Waals surface area contributed by atoms with E-state index in [-0.39, 0.29) is 25.3 Å². The summed E-state index contributed by atoms with van der Waals surface area (Å²) >= 11 is 0. The van der Waals surface area contributed by atoms with Crippen LogP contribution in [-0.4, -0.2) is 83.1 Å². The van der Waals surface area contributed by atoms with Crippen LogP contribution in [0.4, 0.5) is 0 Å². The average molecular weight is 446 g/mol. The number of carbonyl (C=O) groups excluding carboxylic acids is 4. The van der Waals surface area contributed by atoms with Crippen molar-refractivity contribution >= 4 is 35.6 Å². The van der Waals surface area contributed by atoms with E-state index in [0.717, 1.165) is 0 Å². The highest BCUT2D eigenvalue weighted by Crippen LogP contribution is 2.01. The van der Waals surface area contributed by atoms with E-state index in [4.69, 9.17) is 28.0 Å². The maximum Gasteiger partial charge on any atom is 0.326 e. The number of rotatable bonds is 14. The molecule has 0 heterocycles. The number of hydrogen-bond donors (Lipinski definition) is 9. The van der Waals surface area contributed by atoms with E-state index in [9.17, 15) is 29.1 Å². The van der Waals surface area contributed by atoms with Crippen LogP contribution in [0.15, 0.2) is 4.99 Å². The Kier molecular flexibility index (Phi) is 12.2. The topological polar surface area (TPSA) is 278 Å². The summed E-state index contributed by atoms with van der Waals surface area (Å²) in [7, 11) is 0. The molecule has 4 amide bonds. The number of aliphatic hydroxyl groups excluding tert-OH is 1. The molecule has 0 rings (SSSR count). The number of aliphatic imine (C=N–C) groups is 1. The SMILES string of the molecule is CC(O)C(N)C(=O)NCC(=O)NC(CCCN=C(N)N)C(=O)NC(CC(N)=O)C(=O)O. The Morgan fingerprint density at radius 3 is 2.10 bits per heavy atom. The van der Waals surface area contributed by atoms with Crippen molar-refractivity contribution in [3.63, 3.8) is 0 Å². The van der Waals surface area contributed by atoms with Gasteiger partial charge in [0.15, 0.2) is 5.96 Å². The van der Waals surface area contributed by atoms with Crippen molar-refractivity contribution in [1.29, 1.82) is 0 Å². The number of nitrogens with two attached hydrogens (primary N) is 4. The fourth-order valence-corrected chi connectivity index (χ4v) is 2.20. The van der Waals surface area contributed by atoms with E-state index in [1.165, 1.54) is 6.92 Å². The van der Waals surface area contributed by atoms with Gasteiger partial charge in [0, 0.05) is 6.54 Å². The van der Waals surface area contributed by atoms with Gasteiger partial charge < -0.3 is 49.1 Å². The molecule has 0 aromatic heterocycles. The third-order valence-electron chi connectivity index (χ3n) is 3.86. The molecule has 0 bridgehead atoms. The lowest BCUT2D eigenvalue weighted by atomic mass is 10.1. The molecule has 31 heavy (non-hydrogen) atoms. The van der Waals surface area contributed by atoms with Gasteiger partial charge in [0.05, 0.1) is 19.1 Å². The van der Waals surface area contributed by atoms with Crippen molar-refractivity contribution in [3.8, 4) is 0 Å². The Hall–Kier alpha value is -3.46. The lowest BCUT2D eigenvalue weighted by molar-refractivity contribution is -0.143. The molecule has 176 valence electrons. The van der Waals surface area contributed by atoms with Crippen LogP contribution in [0.25, 0.3) is 0 Å². The fourth-order valence-electron chi connectivity index (χ4n) is 2.20. The number of aliphatic carboxylic acids is 1. The number of carboxylic acid groups (broad SMARTS) is 1. The van der Waals surface area contributed by atoms with Crippen LogP contribution < -0.4 is 38.9 Å². The van der Waals surface area contributed by atoms with Crippen LogP contribution in [0.5, 0.6) is 0 Å². The average Bonchev–Trinajstić information content (AvgIpc) is 2.66. The Labute approximate surface area is 178 Å². The molecule has 4 atom stereocenters. The molecule has 0 aliphatic rings. The number of primary amides is 1. The number of guanidine groups is 1. The lowest BCUT2D eigenvalue weighted by Crippen LogP contribution is -2.54. The first kappa shape index (κ1) is 27.5. The van der Waals surface area contributed by atoms with Crippen LogP contribution >= 0.6 is 0 Å². The van der Waals surface area contributed by atoms with Crippen molar-refractivity contribution < 1.29 is 34.2 Å². The van der Waals surface area contributed by atoms with Crippen LogP contribution in [0.2, 0.25) is 0 Å². The number of hydrogen-bond acceptors (Lipinski definition) is 8. The van der Waals surface area contributed by atoms with Crippen LogP contribution in [0.3, 0.4) is 0 Å². The highest BCUT2D eigenvalue weighted by Gasteiger charge is 2.28. The molecule has 15 nitrogen and oxygen atoms in total. The minimum atomic E-state index is -1.59. The molecular formula is C16H30N8O7. The highest BCUT2D eigenvalue weighted by molar-refractivity contribution is 5.93. The normalized spacial score (nSPS) is 14.3. The Balaban J connectivity index is 5.09.